The molecule has 10 heavy (non-hydrogen) atoms. The van der Waals surface area contributed by atoms with E-state index < -0.39 is 8.38 Å². The Morgan fingerprint density at radius 3 is 2.20 bits per heavy atom. The Labute approximate surface area is 64.8 Å². The minimum absolute atomic E-state index is 0.289. The SMILES string of the molecule is CCOP(CC)OC(C)C. The van der Waals surface area contributed by atoms with Gasteiger partial charge in [0.15, 0.2) is 8.38 Å². The molecule has 0 bridgehead atoms. The molecule has 0 spiro atoms. The second-order valence-electron chi connectivity index (χ2n) is 2.22. The van der Waals surface area contributed by atoms with E-state index >= 15 is 0 Å². The molecule has 0 aromatic rings. The minimum Gasteiger partial charge on any atom is -0.334 e. The predicted octanol–water partition coefficient (Wildman–Crippen LogP) is 2.78. The zero-order valence-corrected chi connectivity index (χ0v) is 8.15. The van der Waals surface area contributed by atoms with Gasteiger partial charge in [-0.05, 0) is 20.8 Å². The van der Waals surface area contributed by atoms with E-state index in [-0.39, 0.29) is 6.10 Å². The summed E-state index contributed by atoms with van der Waals surface area (Å²) in [5, 5.41) is 0. The monoisotopic (exact) mass is 164 g/mol. The van der Waals surface area contributed by atoms with Crippen LogP contribution in [0.2, 0.25) is 0 Å². The summed E-state index contributed by atoms with van der Waals surface area (Å²) in [7, 11) is -0.598. The first kappa shape index (κ1) is 10.3. The van der Waals surface area contributed by atoms with Crippen LogP contribution in [0.25, 0.3) is 0 Å². The second kappa shape index (κ2) is 6.09. The lowest BCUT2D eigenvalue weighted by atomic mass is 10.5. The molecule has 62 valence electrons. The van der Waals surface area contributed by atoms with Gasteiger partial charge in [-0.3, -0.25) is 0 Å². The third kappa shape index (κ3) is 5.16. The highest BCUT2D eigenvalue weighted by Gasteiger charge is 2.07. The fraction of sp³-hybridized carbons (Fsp3) is 1.00. The molecule has 2 nitrogen and oxygen atoms in total. The minimum atomic E-state index is -0.598. The van der Waals surface area contributed by atoms with Crippen LogP contribution in [-0.2, 0) is 9.05 Å². The highest BCUT2D eigenvalue weighted by Crippen LogP contribution is 2.38. The number of hydrogen-bond acceptors (Lipinski definition) is 2. The van der Waals surface area contributed by atoms with E-state index in [1.165, 1.54) is 0 Å². The molecule has 3 heteroatoms. The van der Waals surface area contributed by atoms with Crippen molar-refractivity contribution in [2.45, 2.75) is 33.8 Å². The van der Waals surface area contributed by atoms with Crippen LogP contribution in [0, 0.1) is 0 Å². The van der Waals surface area contributed by atoms with Crippen molar-refractivity contribution in [2.75, 3.05) is 12.8 Å². The van der Waals surface area contributed by atoms with Crippen LogP contribution < -0.4 is 0 Å². The molecule has 0 amide bonds. The van der Waals surface area contributed by atoms with E-state index in [4.69, 9.17) is 9.05 Å². The first-order chi connectivity index (χ1) is 4.70. The zero-order chi connectivity index (χ0) is 7.98. The van der Waals surface area contributed by atoms with Crippen molar-refractivity contribution in [1.29, 1.82) is 0 Å². The van der Waals surface area contributed by atoms with Crippen LogP contribution in [0.15, 0.2) is 0 Å². The molecule has 0 heterocycles. The van der Waals surface area contributed by atoms with Gasteiger partial charge < -0.3 is 9.05 Å². The molecule has 1 unspecified atom stereocenters. The normalized spacial score (nSPS) is 14.1. The van der Waals surface area contributed by atoms with Gasteiger partial charge in [0.25, 0.3) is 0 Å². The molecule has 0 aliphatic carbocycles. The lowest BCUT2D eigenvalue weighted by Crippen LogP contribution is -2.00. The Kier molecular flexibility index (Phi) is 6.30. The molecule has 0 aromatic heterocycles. The van der Waals surface area contributed by atoms with E-state index in [1.807, 2.05) is 20.8 Å². The van der Waals surface area contributed by atoms with Crippen LogP contribution in [0.5, 0.6) is 0 Å². The van der Waals surface area contributed by atoms with Crippen molar-refractivity contribution in [2.24, 2.45) is 0 Å². The van der Waals surface area contributed by atoms with Crippen molar-refractivity contribution in [3.05, 3.63) is 0 Å². The quantitative estimate of drug-likeness (QED) is 0.581. The molecule has 0 fully saturated rings. The molecule has 0 saturated heterocycles. The Morgan fingerprint density at radius 2 is 1.90 bits per heavy atom. The molecule has 0 aromatic carbocycles. The van der Waals surface area contributed by atoms with Gasteiger partial charge in [-0.25, -0.2) is 0 Å². The first-order valence-electron chi connectivity index (χ1n) is 3.77. The van der Waals surface area contributed by atoms with Crippen LogP contribution in [0.3, 0.4) is 0 Å². The lowest BCUT2D eigenvalue weighted by molar-refractivity contribution is 0.212. The molecule has 1 atom stereocenters. The van der Waals surface area contributed by atoms with Crippen LogP contribution in [0.4, 0.5) is 0 Å². The Hall–Kier alpha value is 0.350. The van der Waals surface area contributed by atoms with Gasteiger partial charge in [-0.1, -0.05) is 6.92 Å². The van der Waals surface area contributed by atoms with E-state index in [0.717, 1.165) is 12.8 Å². The van der Waals surface area contributed by atoms with Crippen molar-refractivity contribution in [3.8, 4) is 0 Å². The van der Waals surface area contributed by atoms with E-state index in [0.29, 0.717) is 0 Å². The van der Waals surface area contributed by atoms with Gasteiger partial charge in [-0.2, -0.15) is 0 Å². The summed E-state index contributed by atoms with van der Waals surface area (Å²) in [5.74, 6) is 0. The maximum absolute atomic E-state index is 5.48. The maximum atomic E-state index is 5.48. The molecule has 0 N–H and O–H groups in total. The average Bonchev–Trinajstić information content (AvgIpc) is 1.86. The number of rotatable bonds is 5. The summed E-state index contributed by atoms with van der Waals surface area (Å²) >= 11 is 0. The van der Waals surface area contributed by atoms with Crippen LogP contribution in [0.1, 0.15) is 27.7 Å². The topological polar surface area (TPSA) is 18.5 Å². The van der Waals surface area contributed by atoms with Gasteiger partial charge in [0.1, 0.15) is 0 Å². The summed E-state index contributed by atoms with van der Waals surface area (Å²) in [6.45, 7) is 8.90. The molecule has 0 radical (unpaired) electrons. The summed E-state index contributed by atoms with van der Waals surface area (Å²) in [4.78, 5) is 0. The van der Waals surface area contributed by atoms with Crippen molar-refractivity contribution in [3.63, 3.8) is 0 Å². The van der Waals surface area contributed by atoms with Gasteiger partial charge in [-0.15, -0.1) is 0 Å². The maximum Gasteiger partial charge on any atom is 0.170 e. The standard InChI is InChI=1S/C7H17O2P/c1-5-8-10(6-2)9-7(3)4/h7H,5-6H2,1-4H3. The van der Waals surface area contributed by atoms with Gasteiger partial charge in [0.2, 0.25) is 0 Å². The van der Waals surface area contributed by atoms with Crippen molar-refractivity contribution < 1.29 is 9.05 Å². The highest BCUT2D eigenvalue weighted by molar-refractivity contribution is 7.47. The fourth-order valence-electron chi connectivity index (χ4n) is 0.575. The van der Waals surface area contributed by atoms with Gasteiger partial charge in [0.05, 0.1) is 12.7 Å². The van der Waals surface area contributed by atoms with E-state index in [1.54, 1.807) is 0 Å². The number of hydrogen-bond donors (Lipinski definition) is 0. The van der Waals surface area contributed by atoms with Crippen LogP contribution in [-0.4, -0.2) is 18.9 Å². The fourth-order valence-corrected chi connectivity index (χ4v) is 1.73. The van der Waals surface area contributed by atoms with E-state index in [9.17, 15) is 0 Å². The molecule has 0 aliphatic heterocycles. The third-order valence-corrected chi connectivity index (χ3v) is 2.58. The molecule has 0 aliphatic rings. The summed E-state index contributed by atoms with van der Waals surface area (Å²) in [6, 6.07) is 0. The molecular weight excluding hydrogens is 147 g/mol. The van der Waals surface area contributed by atoms with Gasteiger partial charge in [0, 0.05) is 6.16 Å². The molecular formula is C7H17O2P. The van der Waals surface area contributed by atoms with Crippen molar-refractivity contribution >= 4 is 8.38 Å². The Bertz CT molecular complexity index is 76.0. The molecule has 0 rings (SSSR count). The van der Waals surface area contributed by atoms with Crippen molar-refractivity contribution in [1.82, 2.24) is 0 Å². The molecule has 0 saturated carbocycles. The van der Waals surface area contributed by atoms with Crippen LogP contribution >= 0.6 is 8.38 Å². The third-order valence-electron chi connectivity index (χ3n) is 0.860. The smallest absolute Gasteiger partial charge is 0.170 e. The largest absolute Gasteiger partial charge is 0.334 e. The zero-order valence-electron chi connectivity index (χ0n) is 7.26. The second-order valence-corrected chi connectivity index (χ2v) is 3.99. The summed E-state index contributed by atoms with van der Waals surface area (Å²) < 4.78 is 10.8. The first-order valence-corrected chi connectivity index (χ1v) is 5.14. The Balaban J connectivity index is 3.39. The average molecular weight is 164 g/mol. The van der Waals surface area contributed by atoms with E-state index in [2.05, 4.69) is 6.92 Å². The summed E-state index contributed by atoms with van der Waals surface area (Å²) in [5.41, 5.74) is 0. The predicted molar refractivity (Wildman–Crippen MR) is 45.3 cm³/mol. The summed E-state index contributed by atoms with van der Waals surface area (Å²) in [6.07, 6.45) is 1.28. The Morgan fingerprint density at radius 1 is 1.30 bits per heavy atom. The highest BCUT2D eigenvalue weighted by atomic mass is 31.2. The lowest BCUT2D eigenvalue weighted by Gasteiger charge is -2.16. The van der Waals surface area contributed by atoms with Gasteiger partial charge >= 0.3 is 0 Å².